The molecule has 0 fully saturated rings. The van der Waals surface area contributed by atoms with Crippen molar-refractivity contribution in [3.63, 3.8) is 0 Å². The fourth-order valence-electron chi connectivity index (χ4n) is 9.35. The Labute approximate surface area is 611 Å². The molecule has 18 heteroatoms. The Morgan fingerprint density at radius 2 is 0.525 bits per heavy atom. The molecule has 0 aliphatic rings. The maximum atomic E-state index is 13.0. The third-order valence-corrected chi connectivity index (χ3v) is 17.0. The van der Waals surface area contributed by atoms with Gasteiger partial charge in [0.15, 0.2) is 6.10 Å². The number of carbonyl (C=O) groups excluding carboxylic acids is 3. The van der Waals surface area contributed by atoms with Crippen molar-refractivity contribution >= 4 is 33.6 Å². The molecule has 0 radical (unpaired) electrons. The number of ether oxygens (including phenoxy) is 3. The van der Waals surface area contributed by atoms with Crippen LogP contribution >= 0.6 is 15.6 Å². The van der Waals surface area contributed by atoms with Crippen molar-refractivity contribution in [2.24, 2.45) is 0 Å². The van der Waals surface area contributed by atoms with Gasteiger partial charge in [-0.15, -0.1) is 0 Å². The maximum absolute atomic E-state index is 13.0. The molecule has 16 nitrogen and oxygen atoms in total. The fraction of sp³-hybridized carbons (Fsp3) is 0.602. The Hall–Kier alpha value is -5.35. The van der Waals surface area contributed by atoms with Crippen LogP contribution in [0.5, 0.6) is 0 Å². The molecule has 0 aliphatic heterocycles. The van der Waals surface area contributed by atoms with Crippen LogP contribution in [-0.2, 0) is 55.8 Å². The van der Waals surface area contributed by atoms with Gasteiger partial charge in [-0.2, -0.15) is 0 Å². The first-order valence-electron chi connectivity index (χ1n) is 38.1. The molecule has 572 valence electrons. The van der Waals surface area contributed by atoms with Crippen molar-refractivity contribution in [3.05, 3.63) is 182 Å². The molecule has 5 unspecified atom stereocenters. The Morgan fingerprint density at radius 1 is 0.287 bits per heavy atom. The summed E-state index contributed by atoms with van der Waals surface area (Å²) in [5.41, 5.74) is 0. The van der Waals surface area contributed by atoms with Gasteiger partial charge in [0.05, 0.1) is 26.4 Å². The number of aliphatic hydroxyl groups is 2. The van der Waals surface area contributed by atoms with Crippen LogP contribution < -0.4 is 0 Å². The Balaban J connectivity index is 4.80. The number of phosphoric ester groups is 2. The number of unbranched alkanes of at least 4 members (excludes halogenated alkanes) is 17. The zero-order chi connectivity index (χ0) is 73.7. The van der Waals surface area contributed by atoms with Crippen LogP contribution in [0, 0.1) is 0 Å². The molecular formula is C83H134O16P2. The minimum atomic E-state index is -4.95. The highest BCUT2D eigenvalue weighted by atomic mass is 31.2. The van der Waals surface area contributed by atoms with Gasteiger partial charge in [0.1, 0.15) is 25.4 Å². The molecule has 0 saturated carbocycles. The van der Waals surface area contributed by atoms with Gasteiger partial charge in [-0.3, -0.25) is 32.5 Å². The average molecular weight is 1450 g/mol. The Morgan fingerprint density at radius 3 is 0.832 bits per heavy atom. The quantitative estimate of drug-likeness (QED) is 0.0146. The lowest BCUT2D eigenvalue weighted by molar-refractivity contribution is -0.161. The highest BCUT2D eigenvalue weighted by Crippen LogP contribution is 2.45. The van der Waals surface area contributed by atoms with E-state index < -0.39 is 91.5 Å². The van der Waals surface area contributed by atoms with Gasteiger partial charge in [-0.25, -0.2) is 9.13 Å². The second-order valence-corrected chi connectivity index (χ2v) is 27.6. The predicted molar refractivity (Wildman–Crippen MR) is 417 cm³/mol. The van der Waals surface area contributed by atoms with Gasteiger partial charge in [0.25, 0.3) is 0 Å². The lowest BCUT2D eigenvalue weighted by Gasteiger charge is -2.21. The van der Waals surface area contributed by atoms with Crippen LogP contribution in [0.1, 0.15) is 265 Å². The summed E-state index contributed by atoms with van der Waals surface area (Å²) in [4.78, 5) is 58.7. The minimum absolute atomic E-state index is 0.0706. The molecule has 0 bridgehead atoms. The van der Waals surface area contributed by atoms with E-state index >= 15 is 0 Å². The molecule has 0 heterocycles. The molecule has 0 saturated heterocycles. The highest BCUT2D eigenvalue weighted by molar-refractivity contribution is 7.47. The molecular weight excluding hydrogens is 1310 g/mol. The largest absolute Gasteiger partial charge is 0.472 e. The lowest BCUT2D eigenvalue weighted by atomic mass is 10.1. The second-order valence-electron chi connectivity index (χ2n) is 24.7. The number of rotatable bonds is 70. The van der Waals surface area contributed by atoms with Crippen LogP contribution in [0.2, 0.25) is 0 Å². The minimum Gasteiger partial charge on any atom is -0.463 e. The molecule has 101 heavy (non-hydrogen) atoms. The van der Waals surface area contributed by atoms with Crippen LogP contribution in [0.4, 0.5) is 0 Å². The number of aliphatic hydroxyl groups excluding tert-OH is 2. The summed E-state index contributed by atoms with van der Waals surface area (Å²) in [5.74, 6) is -1.65. The van der Waals surface area contributed by atoms with E-state index in [1.54, 1.807) is 0 Å². The number of hydrogen-bond donors (Lipinski definition) is 4. The molecule has 0 aromatic heterocycles. The van der Waals surface area contributed by atoms with Crippen molar-refractivity contribution in [2.75, 3.05) is 39.6 Å². The van der Waals surface area contributed by atoms with Crippen molar-refractivity contribution < 1.29 is 75.8 Å². The monoisotopic (exact) mass is 1450 g/mol. The van der Waals surface area contributed by atoms with Gasteiger partial charge >= 0.3 is 33.6 Å². The van der Waals surface area contributed by atoms with E-state index in [1.807, 2.05) is 0 Å². The molecule has 0 rings (SSSR count). The van der Waals surface area contributed by atoms with Crippen molar-refractivity contribution in [1.82, 2.24) is 0 Å². The van der Waals surface area contributed by atoms with Crippen LogP contribution in [0.25, 0.3) is 0 Å². The first-order chi connectivity index (χ1) is 49.2. The molecule has 4 N–H and O–H groups in total. The van der Waals surface area contributed by atoms with Gasteiger partial charge in [-0.1, -0.05) is 267 Å². The predicted octanol–water partition coefficient (Wildman–Crippen LogP) is 22.2. The molecule has 0 aliphatic carbocycles. The lowest BCUT2D eigenvalue weighted by Crippen LogP contribution is -2.30. The Kier molecular flexibility index (Phi) is 70.4. The number of allylic oxidation sites excluding steroid dienone is 30. The third kappa shape index (κ3) is 75.6. The number of phosphoric acid groups is 2. The van der Waals surface area contributed by atoms with Crippen LogP contribution in [0.15, 0.2) is 182 Å². The summed E-state index contributed by atoms with van der Waals surface area (Å²) >= 11 is 0. The maximum Gasteiger partial charge on any atom is 0.472 e. The topological polar surface area (TPSA) is 231 Å². The Bertz CT molecular complexity index is 2570. The van der Waals surface area contributed by atoms with Gasteiger partial charge in [0, 0.05) is 19.3 Å². The molecule has 5 atom stereocenters. The fourth-order valence-corrected chi connectivity index (χ4v) is 10.9. The second kappa shape index (κ2) is 74.4. The van der Waals surface area contributed by atoms with Crippen molar-refractivity contribution in [3.8, 4) is 0 Å². The van der Waals surface area contributed by atoms with Crippen molar-refractivity contribution in [2.45, 2.75) is 283 Å². The summed E-state index contributed by atoms with van der Waals surface area (Å²) in [6.07, 6.45) is 94.9. The normalized spacial score (nSPS) is 15.0. The molecule has 0 aromatic carbocycles. The van der Waals surface area contributed by atoms with E-state index in [4.69, 9.17) is 32.3 Å². The molecule has 0 spiro atoms. The van der Waals surface area contributed by atoms with Gasteiger partial charge in [0.2, 0.25) is 0 Å². The number of esters is 3. The first kappa shape index (κ1) is 95.6. The zero-order valence-corrected chi connectivity index (χ0v) is 64.0. The smallest absolute Gasteiger partial charge is 0.463 e. The van der Waals surface area contributed by atoms with Crippen LogP contribution in [-0.4, -0.2) is 95.9 Å². The van der Waals surface area contributed by atoms with E-state index in [9.17, 15) is 43.5 Å². The summed E-state index contributed by atoms with van der Waals surface area (Å²) in [6.45, 7) is 2.32. The SMILES string of the molecule is CC/C=C\C/C=C\C/C=C\C/C=C\C/C=C\C/C=C\CCCCCCC(=O)OCC(O)COP(=O)(O)OCC(O)COP(=O)(O)OCC(COC(=O)CCCCCCC/C=C\C/C=C\C/C=C\C/C=C\C/C=C\CC)OC(=O)CCCCCCC/C=C\C/C=C\C/C=C\C/C=C\CCCCC. The standard InChI is InChI=1S/C83H134O16P2/c1-4-7-10-13-16-19-22-25-28-31-34-37-38-41-43-45-48-51-54-57-60-63-66-69-81(86)93-72-78(84)73-95-100(89,90)96-74-79(85)75-97-101(91,92)98-77-80(99-83(88)71-68-65-62-59-56-53-50-47-44-40-36-33-30-27-24-21-18-15-12-9-6-3)76-94-82(87)70-67-64-61-58-55-52-49-46-42-39-35-32-29-26-23-20-17-14-11-8-5-2/h7-8,10-11,16-21,25-30,34-37,39-41,43,46-51,78-80,84-85H,4-6,9,12-15,22-24,31-33,38,42,44-45,52-77H2,1-3H3,(H,89,90)(H,91,92)/b10-7-,11-8-,19-16-,20-17-,21-18-,28-25-,29-26-,30-27-,37-34-,39-35-,40-36-,43-41-,49-46-,50-47-,51-48-. The third-order valence-electron chi connectivity index (χ3n) is 15.1. The molecule has 0 amide bonds. The summed E-state index contributed by atoms with van der Waals surface area (Å²) < 4.78 is 61.1. The van der Waals surface area contributed by atoms with Crippen LogP contribution in [0.3, 0.4) is 0 Å². The highest BCUT2D eigenvalue weighted by Gasteiger charge is 2.29. The van der Waals surface area contributed by atoms with E-state index in [0.29, 0.717) is 19.3 Å². The number of carbonyl (C=O) groups is 3. The summed E-state index contributed by atoms with van der Waals surface area (Å²) in [5, 5.41) is 20.6. The van der Waals surface area contributed by atoms with Crippen molar-refractivity contribution in [1.29, 1.82) is 0 Å². The zero-order valence-electron chi connectivity index (χ0n) is 62.2. The van der Waals surface area contributed by atoms with E-state index in [-0.39, 0.29) is 19.3 Å². The molecule has 0 aromatic rings. The van der Waals surface area contributed by atoms with Gasteiger partial charge in [-0.05, 0) is 161 Å². The van der Waals surface area contributed by atoms with E-state index in [1.165, 1.54) is 19.3 Å². The first-order valence-corrected chi connectivity index (χ1v) is 41.1. The summed E-state index contributed by atoms with van der Waals surface area (Å²) in [6, 6.07) is 0. The van der Waals surface area contributed by atoms with Gasteiger partial charge < -0.3 is 34.2 Å². The average Bonchev–Trinajstić information content (AvgIpc) is 0.951. The van der Waals surface area contributed by atoms with E-state index in [0.717, 1.165) is 186 Å². The summed E-state index contributed by atoms with van der Waals surface area (Å²) in [7, 11) is -9.83. The number of hydrogen-bond acceptors (Lipinski definition) is 14. The van der Waals surface area contributed by atoms with E-state index in [2.05, 4.69) is 203 Å².